The number of halogens is 3. The molecule has 1 aromatic carbocycles. The molecule has 0 radical (unpaired) electrons. The van der Waals surface area contributed by atoms with Crippen molar-refractivity contribution in [2.75, 3.05) is 5.43 Å². The molecule has 0 saturated carbocycles. The number of pyridine rings is 1. The first-order chi connectivity index (χ1) is 13.2. The van der Waals surface area contributed by atoms with Gasteiger partial charge < -0.3 is 0 Å². The van der Waals surface area contributed by atoms with E-state index in [2.05, 4.69) is 5.43 Å². The zero-order chi connectivity index (χ0) is 20.5. The summed E-state index contributed by atoms with van der Waals surface area (Å²) in [5.41, 5.74) is 3.07. The Hall–Kier alpha value is -3.01. The average Bonchev–Trinajstić information content (AvgIpc) is 2.64. The monoisotopic (exact) mass is 387 g/mol. The largest absolute Gasteiger partial charge is 0.417 e. The summed E-state index contributed by atoms with van der Waals surface area (Å²) in [7, 11) is 0. The third-order valence-corrected chi connectivity index (χ3v) is 5.04. The molecule has 0 saturated heterocycles. The van der Waals surface area contributed by atoms with Gasteiger partial charge in [0, 0.05) is 11.3 Å². The fourth-order valence-electron chi connectivity index (χ4n) is 3.45. The van der Waals surface area contributed by atoms with E-state index >= 15 is 0 Å². The van der Waals surface area contributed by atoms with Crippen LogP contribution in [0.3, 0.4) is 0 Å². The standard InChI is InChI=1S/C21H20F3N3O/c1-13-7-3-5-9-15(13)19-11-17(21(22,23)24)16(12-25)20(28)27(19)26-18-10-6-4-8-14(18)2/h3,5,7,9,11,26H,4,6,8,10H2,1-2H3. The van der Waals surface area contributed by atoms with Gasteiger partial charge in [0.25, 0.3) is 5.56 Å². The van der Waals surface area contributed by atoms with Crippen LogP contribution in [0, 0.1) is 18.3 Å². The number of hydrogen-bond donors (Lipinski definition) is 1. The van der Waals surface area contributed by atoms with E-state index in [4.69, 9.17) is 0 Å². The molecule has 1 heterocycles. The van der Waals surface area contributed by atoms with E-state index in [1.165, 1.54) is 6.07 Å². The lowest BCUT2D eigenvalue weighted by molar-refractivity contribution is -0.137. The summed E-state index contributed by atoms with van der Waals surface area (Å²) in [5, 5.41) is 9.26. The summed E-state index contributed by atoms with van der Waals surface area (Å²) < 4.78 is 41.7. The molecule has 0 amide bonds. The Labute approximate surface area is 160 Å². The van der Waals surface area contributed by atoms with Gasteiger partial charge in [0.15, 0.2) is 0 Å². The van der Waals surface area contributed by atoms with Crippen LogP contribution in [0.1, 0.15) is 49.3 Å². The number of alkyl halides is 3. The molecule has 7 heteroatoms. The molecule has 0 spiro atoms. The average molecular weight is 387 g/mol. The van der Waals surface area contributed by atoms with Crippen molar-refractivity contribution >= 4 is 0 Å². The Morgan fingerprint density at radius 3 is 2.43 bits per heavy atom. The van der Waals surface area contributed by atoms with Crippen LogP contribution < -0.4 is 11.0 Å². The highest BCUT2D eigenvalue weighted by atomic mass is 19.4. The molecule has 28 heavy (non-hydrogen) atoms. The number of benzene rings is 1. The van der Waals surface area contributed by atoms with Gasteiger partial charge in [-0.1, -0.05) is 29.8 Å². The normalized spacial score (nSPS) is 14.7. The minimum absolute atomic E-state index is 0.0836. The van der Waals surface area contributed by atoms with E-state index in [1.807, 2.05) is 6.92 Å². The van der Waals surface area contributed by atoms with Gasteiger partial charge in [0.1, 0.15) is 11.6 Å². The van der Waals surface area contributed by atoms with E-state index in [0.29, 0.717) is 12.0 Å². The molecule has 4 nitrogen and oxygen atoms in total. The van der Waals surface area contributed by atoms with E-state index < -0.39 is 22.9 Å². The number of aryl methyl sites for hydroxylation is 1. The van der Waals surface area contributed by atoms with Crippen LogP contribution in [0.4, 0.5) is 13.2 Å². The fraction of sp³-hybridized carbons (Fsp3) is 0.333. The molecular formula is C21H20F3N3O. The van der Waals surface area contributed by atoms with Crippen LogP contribution in [0.5, 0.6) is 0 Å². The van der Waals surface area contributed by atoms with Crippen molar-refractivity contribution in [1.29, 1.82) is 5.26 Å². The number of hydrogen-bond acceptors (Lipinski definition) is 3. The van der Waals surface area contributed by atoms with Crippen LogP contribution in [0.15, 0.2) is 46.4 Å². The number of allylic oxidation sites excluding steroid dienone is 2. The molecule has 0 atom stereocenters. The Morgan fingerprint density at radius 2 is 1.82 bits per heavy atom. The van der Waals surface area contributed by atoms with Gasteiger partial charge in [0.05, 0.1) is 11.3 Å². The van der Waals surface area contributed by atoms with Crippen molar-refractivity contribution in [3.05, 3.63) is 68.6 Å². The molecule has 1 N–H and O–H groups in total. The van der Waals surface area contributed by atoms with Gasteiger partial charge in [0.2, 0.25) is 0 Å². The number of aromatic nitrogens is 1. The zero-order valence-corrected chi connectivity index (χ0v) is 15.7. The molecule has 1 aliphatic rings. The first kappa shape index (κ1) is 19.7. The van der Waals surface area contributed by atoms with Gasteiger partial charge in [-0.05, 0) is 51.2 Å². The molecule has 1 aromatic heterocycles. The predicted octanol–water partition coefficient (Wildman–Crippen LogP) is 5.11. The maximum absolute atomic E-state index is 13.5. The van der Waals surface area contributed by atoms with Crippen molar-refractivity contribution in [3.8, 4) is 17.3 Å². The molecule has 0 unspecified atom stereocenters. The summed E-state index contributed by atoms with van der Waals surface area (Å²) in [4.78, 5) is 12.9. The smallest absolute Gasteiger partial charge is 0.295 e. The Kier molecular flexibility index (Phi) is 5.32. The second kappa shape index (κ2) is 7.55. The van der Waals surface area contributed by atoms with Crippen molar-refractivity contribution in [3.63, 3.8) is 0 Å². The maximum Gasteiger partial charge on any atom is 0.417 e. The SMILES string of the molecule is CC1=C(Nn2c(-c3ccccc3C)cc(C(F)(F)F)c(C#N)c2=O)CCCC1. The highest BCUT2D eigenvalue weighted by molar-refractivity contribution is 5.66. The molecule has 0 bridgehead atoms. The molecular weight excluding hydrogens is 367 g/mol. The minimum atomic E-state index is -4.80. The first-order valence-corrected chi connectivity index (χ1v) is 9.03. The van der Waals surface area contributed by atoms with Crippen LogP contribution in [0.25, 0.3) is 11.3 Å². The molecule has 0 fully saturated rings. The van der Waals surface area contributed by atoms with Gasteiger partial charge in [-0.2, -0.15) is 18.4 Å². The highest BCUT2D eigenvalue weighted by Crippen LogP contribution is 2.34. The summed E-state index contributed by atoms with van der Waals surface area (Å²) in [6, 6.07) is 9.23. The lowest BCUT2D eigenvalue weighted by Gasteiger charge is -2.24. The lowest BCUT2D eigenvalue weighted by Crippen LogP contribution is -2.34. The van der Waals surface area contributed by atoms with E-state index in [-0.39, 0.29) is 5.69 Å². The maximum atomic E-state index is 13.5. The predicted molar refractivity (Wildman–Crippen MR) is 101 cm³/mol. The zero-order valence-electron chi connectivity index (χ0n) is 15.7. The highest BCUT2D eigenvalue weighted by Gasteiger charge is 2.37. The minimum Gasteiger partial charge on any atom is -0.295 e. The Bertz CT molecular complexity index is 1040. The molecule has 146 valence electrons. The Balaban J connectivity index is 2.32. The van der Waals surface area contributed by atoms with E-state index in [0.717, 1.165) is 46.8 Å². The quantitative estimate of drug-likeness (QED) is 0.797. The van der Waals surface area contributed by atoms with Crippen molar-refractivity contribution < 1.29 is 13.2 Å². The van der Waals surface area contributed by atoms with Gasteiger partial charge in [-0.3, -0.25) is 10.2 Å². The number of nitriles is 1. The third kappa shape index (κ3) is 3.68. The third-order valence-electron chi connectivity index (χ3n) is 5.04. The topological polar surface area (TPSA) is 57.8 Å². The van der Waals surface area contributed by atoms with Crippen molar-refractivity contribution in [1.82, 2.24) is 4.68 Å². The van der Waals surface area contributed by atoms with Crippen LogP contribution in [-0.4, -0.2) is 4.68 Å². The molecule has 3 rings (SSSR count). The summed E-state index contributed by atoms with van der Waals surface area (Å²) >= 11 is 0. The number of nitrogens with zero attached hydrogens (tertiary/aromatic N) is 2. The van der Waals surface area contributed by atoms with Gasteiger partial charge in [-0.25, -0.2) is 4.68 Å². The second-order valence-electron chi connectivity index (χ2n) is 6.96. The Morgan fingerprint density at radius 1 is 1.14 bits per heavy atom. The van der Waals surface area contributed by atoms with Crippen LogP contribution in [0.2, 0.25) is 0 Å². The van der Waals surface area contributed by atoms with Crippen molar-refractivity contribution in [2.24, 2.45) is 0 Å². The number of rotatable bonds is 3. The molecule has 2 aromatic rings. The van der Waals surface area contributed by atoms with E-state index in [1.54, 1.807) is 31.2 Å². The number of nitrogens with one attached hydrogen (secondary N) is 1. The van der Waals surface area contributed by atoms with Crippen molar-refractivity contribution in [2.45, 2.75) is 45.7 Å². The summed E-state index contributed by atoms with van der Waals surface area (Å²) in [6.07, 6.45) is -1.27. The lowest BCUT2D eigenvalue weighted by atomic mass is 9.98. The molecule has 1 aliphatic carbocycles. The van der Waals surface area contributed by atoms with Gasteiger partial charge >= 0.3 is 6.18 Å². The summed E-state index contributed by atoms with van der Waals surface area (Å²) in [6.45, 7) is 3.70. The second-order valence-corrected chi connectivity index (χ2v) is 6.96. The summed E-state index contributed by atoms with van der Waals surface area (Å²) in [5.74, 6) is 0. The van der Waals surface area contributed by atoms with Crippen LogP contribution in [-0.2, 0) is 6.18 Å². The first-order valence-electron chi connectivity index (χ1n) is 9.03. The van der Waals surface area contributed by atoms with Crippen LogP contribution >= 0.6 is 0 Å². The van der Waals surface area contributed by atoms with Gasteiger partial charge in [-0.15, -0.1) is 0 Å². The van der Waals surface area contributed by atoms with E-state index in [9.17, 15) is 23.2 Å². The molecule has 0 aliphatic heterocycles. The fourth-order valence-corrected chi connectivity index (χ4v) is 3.45.